The molecule has 0 saturated heterocycles. The van der Waals surface area contributed by atoms with Crippen LogP contribution in [0.2, 0.25) is 0 Å². The molecule has 2 aliphatic rings. The van der Waals surface area contributed by atoms with Crippen LogP contribution in [-0.4, -0.2) is 0 Å². The Morgan fingerprint density at radius 3 is 2.16 bits per heavy atom. The molecule has 31 heavy (non-hydrogen) atoms. The summed E-state index contributed by atoms with van der Waals surface area (Å²) in [6, 6.07) is 9.78. The summed E-state index contributed by atoms with van der Waals surface area (Å²) in [6.45, 7) is 7.06. The van der Waals surface area contributed by atoms with Gasteiger partial charge < -0.3 is 0 Å². The largest absolute Gasteiger partial charge is 0.0804 e. The van der Waals surface area contributed by atoms with Gasteiger partial charge >= 0.3 is 0 Å². The molecular weight excluding hydrogens is 372 g/mol. The molecule has 3 rings (SSSR count). The summed E-state index contributed by atoms with van der Waals surface area (Å²) in [5.74, 6) is 3.64. The van der Waals surface area contributed by atoms with Gasteiger partial charge in [0.25, 0.3) is 0 Å². The lowest BCUT2D eigenvalue weighted by atomic mass is 9.76. The molecule has 0 amide bonds. The highest BCUT2D eigenvalue weighted by Gasteiger charge is 2.22. The predicted octanol–water partition coefficient (Wildman–Crippen LogP) is 10.3. The first-order valence-corrected chi connectivity index (χ1v) is 14.0. The molecule has 174 valence electrons. The van der Waals surface area contributed by atoms with E-state index in [2.05, 4.69) is 51.1 Å². The fourth-order valence-electron chi connectivity index (χ4n) is 6.07. The molecule has 0 radical (unpaired) electrons. The third kappa shape index (κ3) is 8.11. The van der Waals surface area contributed by atoms with Crippen molar-refractivity contribution in [2.45, 2.75) is 129 Å². The summed E-state index contributed by atoms with van der Waals surface area (Å²) in [5.41, 5.74) is 4.70. The van der Waals surface area contributed by atoms with Gasteiger partial charge in [-0.25, -0.2) is 0 Å². The van der Waals surface area contributed by atoms with E-state index in [-0.39, 0.29) is 0 Å². The van der Waals surface area contributed by atoms with Crippen molar-refractivity contribution >= 4 is 5.57 Å². The van der Waals surface area contributed by atoms with Gasteiger partial charge in [0, 0.05) is 0 Å². The fraction of sp³-hybridized carbons (Fsp3) is 0.742. The van der Waals surface area contributed by atoms with Crippen molar-refractivity contribution in [2.75, 3.05) is 0 Å². The minimum Gasteiger partial charge on any atom is -0.0804 e. The van der Waals surface area contributed by atoms with Gasteiger partial charge in [0.15, 0.2) is 0 Å². The quantitative estimate of drug-likeness (QED) is 0.294. The van der Waals surface area contributed by atoms with Crippen LogP contribution in [0.4, 0.5) is 0 Å². The van der Waals surface area contributed by atoms with Crippen molar-refractivity contribution in [1.29, 1.82) is 0 Å². The zero-order valence-electron chi connectivity index (χ0n) is 21.0. The van der Waals surface area contributed by atoms with Gasteiger partial charge in [-0.2, -0.15) is 0 Å². The lowest BCUT2D eigenvalue weighted by Gasteiger charge is -2.29. The number of rotatable bonds is 12. The highest BCUT2D eigenvalue weighted by Crippen LogP contribution is 2.39. The van der Waals surface area contributed by atoms with E-state index >= 15 is 0 Å². The van der Waals surface area contributed by atoms with E-state index in [1.54, 1.807) is 11.1 Å². The Hall–Kier alpha value is -1.04. The van der Waals surface area contributed by atoms with Crippen LogP contribution >= 0.6 is 0 Å². The van der Waals surface area contributed by atoms with Gasteiger partial charge in [-0.3, -0.25) is 0 Å². The Morgan fingerprint density at radius 2 is 1.52 bits per heavy atom. The van der Waals surface area contributed by atoms with E-state index in [1.807, 2.05) is 0 Å². The average Bonchev–Trinajstić information content (AvgIpc) is 2.82. The summed E-state index contributed by atoms with van der Waals surface area (Å²) >= 11 is 0. The van der Waals surface area contributed by atoms with Crippen molar-refractivity contribution in [3.05, 3.63) is 41.5 Å². The smallest absolute Gasteiger partial charge is 0.0162 e. The SMILES string of the molecule is CCCCCCCCC1CCC(c2ccc(C3=CCC(CC(C)CC)CC3)cc2)CC1. The average molecular weight is 423 g/mol. The maximum Gasteiger partial charge on any atom is -0.0162 e. The molecule has 0 heteroatoms. The van der Waals surface area contributed by atoms with Crippen molar-refractivity contribution in [1.82, 2.24) is 0 Å². The number of hydrogen-bond acceptors (Lipinski definition) is 0. The summed E-state index contributed by atoms with van der Waals surface area (Å²) in [6.07, 6.45) is 25.2. The van der Waals surface area contributed by atoms with Crippen molar-refractivity contribution in [2.24, 2.45) is 17.8 Å². The van der Waals surface area contributed by atoms with Gasteiger partial charge in [-0.15, -0.1) is 0 Å². The van der Waals surface area contributed by atoms with E-state index in [1.165, 1.54) is 108 Å². The Balaban J connectivity index is 1.39. The van der Waals surface area contributed by atoms with Gasteiger partial charge in [-0.05, 0) is 91.7 Å². The van der Waals surface area contributed by atoms with Crippen LogP contribution < -0.4 is 0 Å². The first-order valence-electron chi connectivity index (χ1n) is 14.0. The van der Waals surface area contributed by atoms with Gasteiger partial charge in [0.2, 0.25) is 0 Å². The van der Waals surface area contributed by atoms with Gasteiger partial charge in [0.1, 0.15) is 0 Å². The molecule has 0 N–H and O–H groups in total. The molecule has 0 spiro atoms. The Bertz CT molecular complexity index is 629. The molecular formula is C31H50. The zero-order valence-corrected chi connectivity index (χ0v) is 21.0. The van der Waals surface area contributed by atoms with Crippen LogP contribution in [0.15, 0.2) is 30.3 Å². The van der Waals surface area contributed by atoms with E-state index < -0.39 is 0 Å². The van der Waals surface area contributed by atoms with Crippen molar-refractivity contribution < 1.29 is 0 Å². The maximum atomic E-state index is 2.55. The van der Waals surface area contributed by atoms with Crippen LogP contribution in [0, 0.1) is 17.8 Å². The molecule has 2 atom stereocenters. The summed E-state index contributed by atoms with van der Waals surface area (Å²) < 4.78 is 0. The van der Waals surface area contributed by atoms with E-state index in [0.717, 1.165) is 23.7 Å². The predicted molar refractivity (Wildman–Crippen MR) is 139 cm³/mol. The summed E-state index contributed by atoms with van der Waals surface area (Å²) in [7, 11) is 0. The van der Waals surface area contributed by atoms with Crippen LogP contribution in [0.1, 0.15) is 141 Å². The zero-order chi connectivity index (χ0) is 21.9. The standard InChI is InChI=1S/C31H50/c1-4-6-7-8-9-10-11-26-12-16-28(17-13-26)30-20-22-31(23-21-30)29-18-14-27(15-19-29)24-25(3)5-2/h18,20-23,25-28H,4-17,19,24H2,1-3H3. The number of unbranched alkanes of at least 4 members (excludes halogenated alkanes) is 5. The molecule has 1 saturated carbocycles. The van der Waals surface area contributed by atoms with Gasteiger partial charge in [0.05, 0.1) is 0 Å². The highest BCUT2D eigenvalue weighted by atomic mass is 14.3. The molecule has 1 fully saturated rings. The monoisotopic (exact) mass is 422 g/mol. The Labute approximate surface area is 194 Å². The minimum absolute atomic E-state index is 0.815. The van der Waals surface area contributed by atoms with Crippen LogP contribution in [0.5, 0.6) is 0 Å². The van der Waals surface area contributed by atoms with Crippen LogP contribution in [0.3, 0.4) is 0 Å². The first-order chi connectivity index (χ1) is 15.2. The van der Waals surface area contributed by atoms with Crippen molar-refractivity contribution in [3.8, 4) is 0 Å². The van der Waals surface area contributed by atoms with E-state index in [0.29, 0.717) is 0 Å². The summed E-state index contributed by atoms with van der Waals surface area (Å²) in [5, 5.41) is 0. The lowest BCUT2D eigenvalue weighted by molar-refractivity contribution is 0.302. The topological polar surface area (TPSA) is 0 Å². The van der Waals surface area contributed by atoms with Gasteiger partial charge in [-0.1, -0.05) is 102 Å². The second kappa shape index (κ2) is 13.5. The van der Waals surface area contributed by atoms with E-state index in [4.69, 9.17) is 0 Å². The molecule has 2 unspecified atom stereocenters. The molecule has 0 nitrogen and oxygen atoms in total. The first kappa shape index (κ1) is 24.6. The molecule has 1 aromatic rings. The highest BCUT2D eigenvalue weighted by molar-refractivity contribution is 5.66. The van der Waals surface area contributed by atoms with Crippen LogP contribution in [0.25, 0.3) is 5.57 Å². The number of hydrogen-bond donors (Lipinski definition) is 0. The fourth-order valence-corrected chi connectivity index (χ4v) is 6.07. The Kier molecular flexibility index (Phi) is 10.7. The normalized spacial score (nSPS) is 25.3. The lowest BCUT2D eigenvalue weighted by Crippen LogP contribution is -2.13. The van der Waals surface area contributed by atoms with Crippen molar-refractivity contribution in [3.63, 3.8) is 0 Å². The second-order valence-electron chi connectivity index (χ2n) is 11.0. The van der Waals surface area contributed by atoms with Crippen LogP contribution in [-0.2, 0) is 0 Å². The molecule has 0 aromatic heterocycles. The molecule has 0 heterocycles. The minimum atomic E-state index is 0.815. The molecule has 2 aliphatic carbocycles. The Morgan fingerprint density at radius 1 is 0.806 bits per heavy atom. The third-order valence-corrected chi connectivity index (χ3v) is 8.52. The number of benzene rings is 1. The third-order valence-electron chi connectivity index (χ3n) is 8.52. The van der Waals surface area contributed by atoms with E-state index in [9.17, 15) is 0 Å². The molecule has 0 aliphatic heterocycles. The maximum absolute atomic E-state index is 2.55. The summed E-state index contributed by atoms with van der Waals surface area (Å²) in [4.78, 5) is 0. The molecule has 1 aromatic carbocycles. The molecule has 0 bridgehead atoms. The number of allylic oxidation sites excluding steroid dienone is 2. The second-order valence-corrected chi connectivity index (χ2v) is 11.0.